The molecule has 0 aliphatic heterocycles. The summed E-state index contributed by atoms with van der Waals surface area (Å²) in [6.45, 7) is 2.24. The zero-order valence-corrected chi connectivity index (χ0v) is 11.3. The van der Waals surface area contributed by atoms with Crippen LogP contribution in [0.2, 0.25) is 0 Å². The summed E-state index contributed by atoms with van der Waals surface area (Å²) in [5.41, 5.74) is 3.84. The normalized spacial score (nSPS) is 24.7. The van der Waals surface area contributed by atoms with E-state index in [9.17, 15) is 5.11 Å². The average Bonchev–Trinajstić information content (AvgIpc) is 2.80. The highest BCUT2D eigenvalue weighted by Gasteiger charge is 2.25. The molecule has 19 heavy (non-hydrogen) atoms. The van der Waals surface area contributed by atoms with Gasteiger partial charge in [0.2, 0.25) is 0 Å². The van der Waals surface area contributed by atoms with Gasteiger partial charge in [0.25, 0.3) is 0 Å². The van der Waals surface area contributed by atoms with Crippen molar-refractivity contribution in [3.05, 3.63) is 53.6 Å². The molecule has 98 valence electrons. The van der Waals surface area contributed by atoms with Gasteiger partial charge in [-0.05, 0) is 35.6 Å². The Kier molecular flexibility index (Phi) is 2.94. The molecule has 2 heteroatoms. The second-order valence-corrected chi connectivity index (χ2v) is 5.23. The molecule has 2 unspecified atom stereocenters. The maximum absolute atomic E-state index is 9.87. The third-order valence-corrected chi connectivity index (χ3v) is 4.05. The molecule has 2 aliphatic rings. The van der Waals surface area contributed by atoms with Gasteiger partial charge < -0.3 is 9.84 Å². The lowest BCUT2D eigenvalue weighted by atomic mass is 9.84. The summed E-state index contributed by atoms with van der Waals surface area (Å²) >= 11 is 0. The van der Waals surface area contributed by atoms with E-state index in [-0.39, 0.29) is 5.75 Å². The Bertz CT molecular complexity index is 593. The van der Waals surface area contributed by atoms with Gasteiger partial charge in [-0.3, -0.25) is 0 Å². The fourth-order valence-electron chi connectivity index (χ4n) is 2.93. The molecule has 0 spiro atoms. The molecular weight excluding hydrogens is 236 g/mol. The van der Waals surface area contributed by atoms with Crippen LogP contribution in [0.25, 0.3) is 5.57 Å². The van der Waals surface area contributed by atoms with Crippen LogP contribution in [0.3, 0.4) is 0 Å². The van der Waals surface area contributed by atoms with Gasteiger partial charge in [0, 0.05) is 5.92 Å². The first kappa shape index (κ1) is 12.1. The SMILES string of the molecule is COc1ccc(C2=CC=C3C(C)C=CC3C2)cc1O. The molecule has 1 aromatic rings. The van der Waals surface area contributed by atoms with Crippen LogP contribution in [-0.4, -0.2) is 12.2 Å². The lowest BCUT2D eigenvalue weighted by Crippen LogP contribution is -2.06. The van der Waals surface area contributed by atoms with Crippen LogP contribution in [0.5, 0.6) is 11.5 Å². The fraction of sp³-hybridized carbons (Fsp3) is 0.294. The van der Waals surface area contributed by atoms with Crippen LogP contribution in [0.1, 0.15) is 18.9 Å². The Morgan fingerprint density at radius 1 is 1.21 bits per heavy atom. The van der Waals surface area contributed by atoms with Gasteiger partial charge in [-0.15, -0.1) is 0 Å². The largest absolute Gasteiger partial charge is 0.504 e. The number of phenolic OH excluding ortho intramolecular Hbond substituents is 1. The molecule has 2 nitrogen and oxygen atoms in total. The van der Waals surface area contributed by atoms with E-state index in [1.54, 1.807) is 13.2 Å². The van der Waals surface area contributed by atoms with Crippen molar-refractivity contribution >= 4 is 5.57 Å². The van der Waals surface area contributed by atoms with Gasteiger partial charge in [0.05, 0.1) is 7.11 Å². The monoisotopic (exact) mass is 254 g/mol. The summed E-state index contributed by atoms with van der Waals surface area (Å²) in [5, 5.41) is 9.87. The minimum atomic E-state index is 0.200. The van der Waals surface area contributed by atoms with Gasteiger partial charge in [0.15, 0.2) is 11.5 Å². The Morgan fingerprint density at radius 2 is 2.05 bits per heavy atom. The van der Waals surface area contributed by atoms with E-state index in [1.807, 2.05) is 12.1 Å². The first-order valence-corrected chi connectivity index (χ1v) is 6.65. The van der Waals surface area contributed by atoms with Crippen LogP contribution in [0.4, 0.5) is 0 Å². The Balaban J connectivity index is 1.92. The summed E-state index contributed by atoms with van der Waals surface area (Å²) < 4.78 is 5.08. The van der Waals surface area contributed by atoms with Crippen LogP contribution >= 0.6 is 0 Å². The van der Waals surface area contributed by atoms with Gasteiger partial charge in [-0.25, -0.2) is 0 Å². The maximum Gasteiger partial charge on any atom is 0.160 e. The van der Waals surface area contributed by atoms with Gasteiger partial charge in [-0.2, -0.15) is 0 Å². The zero-order chi connectivity index (χ0) is 13.4. The van der Waals surface area contributed by atoms with Crippen LogP contribution in [0, 0.1) is 11.8 Å². The van der Waals surface area contributed by atoms with Crippen LogP contribution < -0.4 is 4.74 Å². The quantitative estimate of drug-likeness (QED) is 0.810. The molecular formula is C17H18O2. The summed E-state index contributed by atoms with van der Waals surface area (Å²) in [6.07, 6.45) is 10.00. The Morgan fingerprint density at radius 3 is 2.79 bits per heavy atom. The predicted octanol–water partition coefficient (Wildman–Crippen LogP) is 3.94. The van der Waals surface area contributed by atoms with Crippen LogP contribution in [-0.2, 0) is 0 Å². The molecule has 1 N–H and O–H groups in total. The lowest BCUT2D eigenvalue weighted by Gasteiger charge is -2.21. The smallest absolute Gasteiger partial charge is 0.160 e. The van der Waals surface area contributed by atoms with Crippen molar-refractivity contribution in [1.82, 2.24) is 0 Å². The van der Waals surface area contributed by atoms with Crippen molar-refractivity contribution in [2.45, 2.75) is 13.3 Å². The van der Waals surface area contributed by atoms with E-state index in [1.165, 1.54) is 11.1 Å². The Hall–Kier alpha value is -1.96. The zero-order valence-electron chi connectivity index (χ0n) is 11.3. The molecule has 0 saturated heterocycles. The van der Waals surface area contributed by atoms with E-state index in [0.29, 0.717) is 17.6 Å². The van der Waals surface area contributed by atoms with E-state index in [2.05, 4.69) is 31.2 Å². The number of phenols is 1. The molecule has 0 fully saturated rings. The van der Waals surface area contributed by atoms with Gasteiger partial charge in [0.1, 0.15) is 0 Å². The second kappa shape index (κ2) is 4.61. The summed E-state index contributed by atoms with van der Waals surface area (Å²) in [4.78, 5) is 0. The number of fused-ring (bicyclic) bond motifs is 1. The number of aromatic hydroxyl groups is 1. The lowest BCUT2D eigenvalue weighted by molar-refractivity contribution is 0.373. The van der Waals surface area contributed by atoms with Crippen molar-refractivity contribution in [3.8, 4) is 11.5 Å². The topological polar surface area (TPSA) is 29.5 Å². The second-order valence-electron chi connectivity index (χ2n) is 5.23. The van der Waals surface area contributed by atoms with E-state index in [4.69, 9.17) is 4.74 Å². The van der Waals surface area contributed by atoms with Gasteiger partial charge in [-0.1, -0.05) is 42.9 Å². The number of hydrogen-bond donors (Lipinski definition) is 1. The molecule has 0 heterocycles. The number of ether oxygens (including phenoxy) is 1. The summed E-state index contributed by atoms with van der Waals surface area (Å²) in [5.74, 6) is 1.81. The molecule has 2 atom stereocenters. The number of allylic oxidation sites excluding steroid dienone is 6. The average molecular weight is 254 g/mol. The summed E-state index contributed by atoms with van der Waals surface area (Å²) in [6, 6.07) is 5.61. The van der Waals surface area contributed by atoms with Crippen LogP contribution in [0.15, 0.2) is 48.1 Å². The molecule has 3 rings (SSSR count). The first-order valence-electron chi connectivity index (χ1n) is 6.65. The van der Waals surface area contributed by atoms with E-state index >= 15 is 0 Å². The summed E-state index contributed by atoms with van der Waals surface area (Å²) in [7, 11) is 1.56. The molecule has 0 amide bonds. The van der Waals surface area contributed by atoms with Crippen molar-refractivity contribution in [3.63, 3.8) is 0 Å². The standard InChI is InChI=1S/C17H18O2/c1-11-3-4-14-9-12(5-7-15(11)14)13-6-8-17(19-2)16(18)10-13/h3-8,10-11,14,18H,9H2,1-2H3. The molecule has 0 bridgehead atoms. The van der Waals surface area contributed by atoms with E-state index < -0.39 is 0 Å². The third kappa shape index (κ3) is 2.07. The van der Waals surface area contributed by atoms with Crippen molar-refractivity contribution in [2.75, 3.05) is 7.11 Å². The number of hydrogen-bond acceptors (Lipinski definition) is 2. The van der Waals surface area contributed by atoms with E-state index in [0.717, 1.165) is 12.0 Å². The van der Waals surface area contributed by atoms with Crippen molar-refractivity contribution < 1.29 is 9.84 Å². The van der Waals surface area contributed by atoms with Crippen molar-refractivity contribution in [2.24, 2.45) is 11.8 Å². The van der Waals surface area contributed by atoms with Gasteiger partial charge >= 0.3 is 0 Å². The minimum absolute atomic E-state index is 0.200. The third-order valence-electron chi connectivity index (χ3n) is 4.05. The number of benzene rings is 1. The molecule has 0 saturated carbocycles. The molecule has 2 aliphatic carbocycles. The highest BCUT2D eigenvalue weighted by molar-refractivity contribution is 5.72. The fourth-order valence-corrected chi connectivity index (χ4v) is 2.93. The first-order chi connectivity index (χ1) is 9.19. The highest BCUT2D eigenvalue weighted by atomic mass is 16.5. The van der Waals surface area contributed by atoms with Crippen molar-refractivity contribution in [1.29, 1.82) is 0 Å². The predicted molar refractivity (Wildman–Crippen MR) is 77.1 cm³/mol. The number of rotatable bonds is 2. The highest BCUT2D eigenvalue weighted by Crippen LogP contribution is 2.41. The number of methoxy groups -OCH3 is 1. The Labute approximate surface area is 113 Å². The molecule has 1 aromatic carbocycles. The molecule has 0 radical (unpaired) electrons. The molecule has 0 aromatic heterocycles. The maximum atomic E-state index is 9.87. The minimum Gasteiger partial charge on any atom is -0.504 e.